The molecule has 9 nitrogen and oxygen atoms in total. The topological polar surface area (TPSA) is 131 Å². The third-order valence-corrected chi connectivity index (χ3v) is 8.94. The summed E-state index contributed by atoms with van der Waals surface area (Å²) in [4.78, 5) is 48.3. The number of amides is 2. The van der Waals surface area contributed by atoms with Crippen LogP contribution in [0.4, 0.5) is 0 Å². The summed E-state index contributed by atoms with van der Waals surface area (Å²) in [6, 6.07) is 16.9. The van der Waals surface area contributed by atoms with Crippen molar-refractivity contribution in [1.82, 2.24) is 20.6 Å². The van der Waals surface area contributed by atoms with Crippen molar-refractivity contribution in [3.8, 4) is 28.3 Å². The zero-order chi connectivity index (χ0) is 33.3. The van der Waals surface area contributed by atoms with Crippen molar-refractivity contribution in [2.75, 3.05) is 6.61 Å². The number of hydrogen-bond donors (Lipinski definition) is 3. The SMILES string of the molecule is CCCCCOc1ccc(-c2cnc(-c3ccc(C[C@H](NC(=O)c4ccc(C(C)(C)C)s4)C(=O)N[C@H](C)C(=O)O)cc3)nc2)cc1. The van der Waals surface area contributed by atoms with Crippen molar-refractivity contribution in [3.63, 3.8) is 0 Å². The fourth-order valence-corrected chi connectivity index (χ4v) is 5.58. The van der Waals surface area contributed by atoms with E-state index >= 15 is 0 Å². The Morgan fingerprint density at radius 2 is 1.52 bits per heavy atom. The Labute approximate surface area is 274 Å². The van der Waals surface area contributed by atoms with Crippen LogP contribution in [-0.2, 0) is 21.4 Å². The number of nitrogens with one attached hydrogen (secondary N) is 2. The van der Waals surface area contributed by atoms with Crippen LogP contribution in [0.25, 0.3) is 22.5 Å². The highest BCUT2D eigenvalue weighted by molar-refractivity contribution is 7.14. The molecule has 242 valence electrons. The number of carboxylic acid groups (broad SMARTS) is 1. The van der Waals surface area contributed by atoms with Gasteiger partial charge in [0.15, 0.2) is 5.82 Å². The first kappa shape index (κ1) is 34.3. The molecular formula is C36H42N4O5S. The predicted molar refractivity (Wildman–Crippen MR) is 181 cm³/mol. The van der Waals surface area contributed by atoms with Gasteiger partial charge in [0.25, 0.3) is 5.91 Å². The van der Waals surface area contributed by atoms with Gasteiger partial charge in [0.2, 0.25) is 5.91 Å². The maximum atomic E-state index is 13.1. The molecule has 3 N–H and O–H groups in total. The molecule has 0 aliphatic rings. The number of carboxylic acids is 1. The fraction of sp³-hybridized carbons (Fsp3) is 0.361. The molecule has 46 heavy (non-hydrogen) atoms. The molecule has 0 radical (unpaired) electrons. The molecule has 0 aliphatic heterocycles. The molecule has 0 saturated heterocycles. The quantitative estimate of drug-likeness (QED) is 0.131. The van der Waals surface area contributed by atoms with Gasteiger partial charge in [0.05, 0.1) is 11.5 Å². The summed E-state index contributed by atoms with van der Waals surface area (Å²) >= 11 is 1.37. The number of rotatable bonds is 14. The van der Waals surface area contributed by atoms with Gasteiger partial charge in [-0.05, 0) is 54.2 Å². The largest absolute Gasteiger partial charge is 0.494 e. The number of thiophene rings is 1. The van der Waals surface area contributed by atoms with Gasteiger partial charge in [-0.1, -0.05) is 76.9 Å². The molecule has 2 aromatic heterocycles. The highest BCUT2D eigenvalue weighted by atomic mass is 32.1. The van der Waals surface area contributed by atoms with Crippen molar-refractivity contribution < 1.29 is 24.2 Å². The van der Waals surface area contributed by atoms with Gasteiger partial charge in [0.1, 0.15) is 17.8 Å². The summed E-state index contributed by atoms with van der Waals surface area (Å²) < 4.78 is 5.80. The van der Waals surface area contributed by atoms with Gasteiger partial charge in [-0.2, -0.15) is 0 Å². The lowest BCUT2D eigenvalue weighted by Gasteiger charge is -2.20. The second-order valence-corrected chi connectivity index (χ2v) is 13.4. The van der Waals surface area contributed by atoms with E-state index in [4.69, 9.17) is 4.74 Å². The van der Waals surface area contributed by atoms with Crippen molar-refractivity contribution in [2.24, 2.45) is 0 Å². The number of nitrogens with zero attached hydrogens (tertiary/aromatic N) is 2. The first-order chi connectivity index (χ1) is 21.9. The highest BCUT2D eigenvalue weighted by Crippen LogP contribution is 2.29. The number of benzene rings is 2. The van der Waals surface area contributed by atoms with Crippen LogP contribution in [0, 0.1) is 0 Å². The maximum absolute atomic E-state index is 13.1. The Balaban J connectivity index is 1.43. The van der Waals surface area contributed by atoms with Crippen LogP contribution in [0.15, 0.2) is 73.1 Å². The van der Waals surface area contributed by atoms with Crippen LogP contribution in [0.5, 0.6) is 5.75 Å². The summed E-state index contributed by atoms with van der Waals surface area (Å²) in [7, 11) is 0. The van der Waals surface area contributed by atoms with E-state index in [0.717, 1.165) is 52.1 Å². The molecule has 2 heterocycles. The molecule has 0 unspecified atom stereocenters. The average Bonchev–Trinajstić information content (AvgIpc) is 3.55. The number of hydrogen-bond acceptors (Lipinski definition) is 7. The molecular weight excluding hydrogens is 600 g/mol. The zero-order valence-corrected chi connectivity index (χ0v) is 27.8. The predicted octanol–water partition coefficient (Wildman–Crippen LogP) is 6.67. The number of carbonyl (C=O) groups is 3. The van der Waals surface area contributed by atoms with E-state index < -0.39 is 24.0 Å². The van der Waals surface area contributed by atoms with Crippen molar-refractivity contribution >= 4 is 29.1 Å². The lowest BCUT2D eigenvalue weighted by atomic mass is 9.95. The second kappa shape index (κ2) is 15.6. The van der Waals surface area contributed by atoms with Crippen molar-refractivity contribution in [2.45, 2.75) is 77.8 Å². The normalized spacial score (nSPS) is 12.6. The Morgan fingerprint density at radius 3 is 2.11 bits per heavy atom. The summed E-state index contributed by atoms with van der Waals surface area (Å²) in [6.07, 6.45) is 7.08. The smallest absolute Gasteiger partial charge is 0.325 e. The van der Waals surface area contributed by atoms with Crippen LogP contribution in [0.2, 0.25) is 0 Å². The van der Waals surface area contributed by atoms with E-state index in [1.165, 1.54) is 18.3 Å². The number of unbranched alkanes of at least 4 members (excludes halogenated alkanes) is 2. The highest BCUT2D eigenvalue weighted by Gasteiger charge is 2.26. The summed E-state index contributed by atoms with van der Waals surface area (Å²) in [5.74, 6) is -0.728. The van der Waals surface area contributed by atoms with E-state index in [0.29, 0.717) is 17.3 Å². The van der Waals surface area contributed by atoms with Crippen LogP contribution in [0.3, 0.4) is 0 Å². The third-order valence-electron chi connectivity index (χ3n) is 7.43. The Bertz CT molecular complexity index is 1610. The molecule has 10 heteroatoms. The molecule has 2 aromatic carbocycles. The Morgan fingerprint density at radius 1 is 0.870 bits per heavy atom. The second-order valence-electron chi connectivity index (χ2n) is 12.3. The van der Waals surface area contributed by atoms with E-state index in [1.807, 2.05) is 54.6 Å². The molecule has 0 bridgehead atoms. The van der Waals surface area contributed by atoms with Gasteiger partial charge in [0, 0.05) is 34.8 Å². The maximum Gasteiger partial charge on any atom is 0.325 e. The minimum atomic E-state index is -1.16. The minimum Gasteiger partial charge on any atom is -0.494 e. The van der Waals surface area contributed by atoms with Crippen LogP contribution < -0.4 is 15.4 Å². The molecule has 2 amide bonds. The Kier molecular flexibility index (Phi) is 11.7. The number of ether oxygens (including phenoxy) is 1. The van der Waals surface area contributed by atoms with Crippen LogP contribution in [0.1, 0.15) is 74.0 Å². The average molecular weight is 643 g/mol. The minimum absolute atomic E-state index is 0.114. The zero-order valence-electron chi connectivity index (χ0n) is 27.0. The van der Waals surface area contributed by atoms with Crippen molar-refractivity contribution in [3.05, 3.63) is 88.4 Å². The van der Waals surface area contributed by atoms with Crippen LogP contribution in [-0.4, -0.2) is 51.5 Å². The van der Waals surface area contributed by atoms with Crippen molar-refractivity contribution in [1.29, 1.82) is 0 Å². The number of aromatic nitrogens is 2. The molecule has 4 rings (SSSR count). The van der Waals surface area contributed by atoms with E-state index in [9.17, 15) is 19.5 Å². The summed E-state index contributed by atoms with van der Waals surface area (Å²) in [5.41, 5.74) is 3.34. The number of aliphatic carboxylic acids is 1. The van der Waals surface area contributed by atoms with Gasteiger partial charge in [-0.3, -0.25) is 14.4 Å². The summed E-state index contributed by atoms with van der Waals surface area (Å²) in [5, 5.41) is 14.6. The lowest BCUT2D eigenvalue weighted by Crippen LogP contribution is -2.51. The van der Waals surface area contributed by atoms with Gasteiger partial charge >= 0.3 is 5.97 Å². The molecule has 0 saturated carbocycles. The monoisotopic (exact) mass is 642 g/mol. The van der Waals surface area contributed by atoms with Crippen LogP contribution >= 0.6 is 11.3 Å². The third kappa shape index (κ3) is 9.47. The molecule has 0 aliphatic carbocycles. The van der Waals surface area contributed by atoms with Gasteiger partial charge in [-0.25, -0.2) is 9.97 Å². The first-order valence-corrected chi connectivity index (χ1v) is 16.3. The van der Waals surface area contributed by atoms with E-state index in [1.54, 1.807) is 18.5 Å². The van der Waals surface area contributed by atoms with Gasteiger partial charge < -0.3 is 20.5 Å². The molecule has 0 spiro atoms. The summed E-state index contributed by atoms with van der Waals surface area (Å²) in [6.45, 7) is 10.5. The van der Waals surface area contributed by atoms with E-state index in [2.05, 4.69) is 48.3 Å². The standard InChI is InChI=1S/C36H42N4O5S/c1-6-7-8-19-45-28-15-13-25(14-16-28)27-21-37-32(38-22-27)26-11-9-24(10-12-26)20-29(33(41)39-23(2)35(43)44)40-34(42)30-17-18-31(46-30)36(3,4)5/h9-18,21-23,29H,6-8,19-20H2,1-5H3,(H,39,41)(H,40,42)(H,43,44)/t23-,29+/m1/s1. The molecule has 4 aromatic rings. The Hall–Kier alpha value is -4.57. The molecule has 0 fully saturated rings. The van der Waals surface area contributed by atoms with E-state index in [-0.39, 0.29) is 17.7 Å². The fourth-order valence-electron chi connectivity index (χ4n) is 4.61. The lowest BCUT2D eigenvalue weighted by molar-refractivity contribution is -0.141. The van der Waals surface area contributed by atoms with Gasteiger partial charge in [-0.15, -0.1) is 11.3 Å². The first-order valence-electron chi connectivity index (χ1n) is 15.5. The molecule has 2 atom stereocenters. The number of carbonyl (C=O) groups excluding carboxylic acids is 2.